The molecule has 1 N–H and O–H groups in total. The third-order valence-corrected chi connectivity index (χ3v) is 3.90. The van der Waals surface area contributed by atoms with E-state index < -0.39 is 5.97 Å². The lowest BCUT2D eigenvalue weighted by molar-refractivity contribution is -0.111. The predicted molar refractivity (Wildman–Crippen MR) is 94.8 cm³/mol. The fraction of sp³-hybridized carbons (Fsp3) is 0.211. The molecule has 0 saturated carbocycles. The van der Waals surface area contributed by atoms with Crippen LogP contribution in [-0.2, 0) is 9.53 Å². The van der Waals surface area contributed by atoms with Crippen LogP contribution in [0.3, 0.4) is 0 Å². The minimum atomic E-state index is -0.452. The molecule has 0 saturated heterocycles. The summed E-state index contributed by atoms with van der Waals surface area (Å²) >= 11 is 0. The Morgan fingerprint density at radius 3 is 2.73 bits per heavy atom. The van der Waals surface area contributed by atoms with Crippen LogP contribution in [0.5, 0.6) is 0 Å². The Bertz CT molecular complexity index is 1020. The van der Waals surface area contributed by atoms with Gasteiger partial charge in [-0.15, -0.1) is 0 Å². The summed E-state index contributed by atoms with van der Waals surface area (Å²) in [6.45, 7) is 4.87. The Balaban J connectivity index is 2.07. The van der Waals surface area contributed by atoms with Crippen LogP contribution in [-0.4, -0.2) is 33.1 Å². The van der Waals surface area contributed by atoms with Crippen LogP contribution in [0.1, 0.15) is 36.7 Å². The van der Waals surface area contributed by atoms with Gasteiger partial charge in [-0.05, 0) is 39.0 Å². The minimum absolute atomic E-state index is 0.0691. The van der Waals surface area contributed by atoms with Gasteiger partial charge in [-0.2, -0.15) is 5.10 Å². The topological polar surface area (TPSA) is 94.0 Å². The van der Waals surface area contributed by atoms with Gasteiger partial charge < -0.3 is 14.3 Å². The van der Waals surface area contributed by atoms with Crippen molar-refractivity contribution < 1.29 is 23.8 Å². The van der Waals surface area contributed by atoms with Gasteiger partial charge in [-0.1, -0.05) is 0 Å². The van der Waals surface area contributed by atoms with Crippen LogP contribution in [0.2, 0.25) is 0 Å². The molecule has 0 aliphatic carbocycles. The Hall–Kier alpha value is -3.35. The van der Waals surface area contributed by atoms with E-state index in [-0.39, 0.29) is 23.7 Å². The van der Waals surface area contributed by atoms with Gasteiger partial charge in [-0.3, -0.25) is 4.79 Å². The zero-order chi connectivity index (χ0) is 18.8. The number of fused-ring (bicyclic) bond motifs is 1. The Labute approximate surface area is 149 Å². The normalized spacial score (nSPS) is 12.1. The number of hydrogen-bond acceptors (Lipinski definition) is 6. The molecule has 3 aromatic rings. The molecule has 3 rings (SSSR count). The molecule has 3 aromatic heterocycles. The molecule has 0 fully saturated rings. The van der Waals surface area contributed by atoms with Gasteiger partial charge in [0.2, 0.25) is 0 Å². The van der Waals surface area contributed by atoms with Crippen LogP contribution >= 0.6 is 0 Å². The molecule has 0 aliphatic heterocycles. The van der Waals surface area contributed by atoms with Crippen molar-refractivity contribution in [1.82, 2.24) is 9.61 Å². The molecule has 0 unspecified atom stereocenters. The second-order valence-corrected chi connectivity index (χ2v) is 5.74. The monoisotopic (exact) mass is 354 g/mol. The van der Waals surface area contributed by atoms with Gasteiger partial charge in [0, 0.05) is 17.3 Å². The molecule has 3 heterocycles. The lowest BCUT2D eigenvalue weighted by atomic mass is 10.0. The first-order valence-corrected chi connectivity index (χ1v) is 8.07. The number of ether oxygens (including phenoxy) is 1. The van der Waals surface area contributed by atoms with Gasteiger partial charge in [0.05, 0.1) is 29.5 Å². The molecular weight excluding hydrogens is 336 g/mol. The van der Waals surface area contributed by atoms with E-state index in [2.05, 4.69) is 5.10 Å². The highest BCUT2D eigenvalue weighted by atomic mass is 16.5. The number of carbonyl (C=O) groups excluding carboxylic acids is 2. The van der Waals surface area contributed by atoms with E-state index in [9.17, 15) is 14.7 Å². The van der Waals surface area contributed by atoms with E-state index in [4.69, 9.17) is 9.15 Å². The molecule has 7 nitrogen and oxygen atoms in total. The van der Waals surface area contributed by atoms with Gasteiger partial charge >= 0.3 is 5.97 Å². The van der Waals surface area contributed by atoms with E-state index in [1.54, 1.807) is 35.8 Å². The number of pyridine rings is 1. The number of ketones is 1. The van der Waals surface area contributed by atoms with Gasteiger partial charge in [0.1, 0.15) is 17.8 Å². The number of aliphatic hydroxyl groups excluding tert-OH is 1. The Morgan fingerprint density at radius 2 is 2.08 bits per heavy atom. The van der Waals surface area contributed by atoms with E-state index in [1.165, 1.54) is 26.3 Å². The lowest BCUT2D eigenvalue weighted by Crippen LogP contribution is -2.02. The average Bonchev–Trinajstić information content (AvgIpc) is 3.22. The number of esters is 1. The number of aromatic nitrogens is 2. The van der Waals surface area contributed by atoms with Crippen molar-refractivity contribution in [2.45, 2.75) is 20.8 Å². The fourth-order valence-corrected chi connectivity index (χ4v) is 2.77. The van der Waals surface area contributed by atoms with Crippen LogP contribution in [0, 0.1) is 0 Å². The Kier molecular flexibility index (Phi) is 4.62. The second-order valence-electron chi connectivity index (χ2n) is 5.74. The first-order chi connectivity index (χ1) is 12.4. The van der Waals surface area contributed by atoms with Crippen molar-refractivity contribution >= 4 is 22.8 Å². The number of allylic oxidation sites excluding steroid dienone is 2. The van der Waals surface area contributed by atoms with Crippen LogP contribution in [0.15, 0.2) is 47.0 Å². The highest BCUT2D eigenvalue weighted by Gasteiger charge is 2.18. The summed E-state index contributed by atoms with van der Waals surface area (Å²) in [5.41, 5.74) is 2.40. The summed E-state index contributed by atoms with van der Waals surface area (Å²) in [4.78, 5) is 23.7. The summed E-state index contributed by atoms with van der Waals surface area (Å²) < 4.78 is 12.0. The molecule has 0 aliphatic rings. The SMILES string of the molecule is CCOC(=O)c1coc(-c2ccn3ncc(/C(C(C)=O)=C(\C)O)c3c2)c1. The maximum atomic E-state index is 11.9. The summed E-state index contributed by atoms with van der Waals surface area (Å²) in [6, 6.07) is 5.15. The van der Waals surface area contributed by atoms with E-state index in [1.807, 2.05) is 0 Å². The smallest absolute Gasteiger partial charge is 0.341 e. The first-order valence-electron chi connectivity index (χ1n) is 8.07. The number of nitrogens with zero attached hydrogens (tertiary/aromatic N) is 2. The molecule has 0 amide bonds. The highest BCUT2D eigenvalue weighted by Crippen LogP contribution is 2.28. The van der Waals surface area contributed by atoms with Gasteiger partial charge in [-0.25, -0.2) is 9.31 Å². The van der Waals surface area contributed by atoms with E-state index in [0.29, 0.717) is 28.0 Å². The number of Topliss-reactive ketones (excluding diaryl/α,β-unsaturated/α-hetero) is 1. The molecule has 0 radical (unpaired) electrons. The van der Waals surface area contributed by atoms with Crippen LogP contribution in [0.25, 0.3) is 22.4 Å². The molecule has 7 heteroatoms. The number of aliphatic hydroxyl groups is 1. The molecule has 0 spiro atoms. The number of hydrogen-bond donors (Lipinski definition) is 1. The minimum Gasteiger partial charge on any atom is -0.512 e. The third-order valence-electron chi connectivity index (χ3n) is 3.90. The second kappa shape index (κ2) is 6.87. The number of furan rings is 1. The van der Waals surface area contributed by atoms with E-state index in [0.717, 1.165) is 0 Å². The molecule has 0 aromatic carbocycles. The maximum Gasteiger partial charge on any atom is 0.341 e. The van der Waals surface area contributed by atoms with Crippen molar-refractivity contribution in [1.29, 1.82) is 0 Å². The largest absolute Gasteiger partial charge is 0.512 e. The molecule has 26 heavy (non-hydrogen) atoms. The fourth-order valence-electron chi connectivity index (χ4n) is 2.77. The zero-order valence-electron chi connectivity index (χ0n) is 14.6. The van der Waals surface area contributed by atoms with Crippen molar-refractivity contribution in [3.63, 3.8) is 0 Å². The molecular formula is C19H18N2O5. The summed E-state index contributed by atoms with van der Waals surface area (Å²) in [6.07, 6.45) is 4.58. The van der Waals surface area contributed by atoms with Gasteiger partial charge in [0.15, 0.2) is 5.78 Å². The summed E-state index contributed by atoms with van der Waals surface area (Å²) in [5.74, 6) is -0.295. The molecule has 0 bridgehead atoms. The third kappa shape index (κ3) is 3.11. The lowest BCUT2D eigenvalue weighted by Gasteiger charge is -2.05. The summed E-state index contributed by atoms with van der Waals surface area (Å²) in [5, 5.41) is 14.1. The molecule has 134 valence electrons. The van der Waals surface area contributed by atoms with Crippen molar-refractivity contribution in [3.8, 4) is 11.3 Å². The average molecular weight is 354 g/mol. The van der Waals surface area contributed by atoms with Crippen molar-refractivity contribution in [2.75, 3.05) is 6.61 Å². The molecule has 0 atom stereocenters. The zero-order valence-corrected chi connectivity index (χ0v) is 14.6. The predicted octanol–water partition coefficient (Wildman–Crippen LogP) is 3.65. The van der Waals surface area contributed by atoms with Crippen LogP contribution in [0.4, 0.5) is 0 Å². The van der Waals surface area contributed by atoms with Crippen molar-refractivity contribution in [2.24, 2.45) is 0 Å². The van der Waals surface area contributed by atoms with Crippen molar-refractivity contribution in [3.05, 3.63) is 53.7 Å². The highest BCUT2D eigenvalue weighted by molar-refractivity contribution is 6.21. The quantitative estimate of drug-likeness (QED) is 0.427. The Morgan fingerprint density at radius 1 is 1.31 bits per heavy atom. The first kappa shape index (κ1) is 17.5. The van der Waals surface area contributed by atoms with Gasteiger partial charge in [0.25, 0.3) is 0 Å². The van der Waals surface area contributed by atoms with E-state index >= 15 is 0 Å². The number of carbonyl (C=O) groups is 2. The summed E-state index contributed by atoms with van der Waals surface area (Å²) in [7, 11) is 0. The van der Waals surface area contributed by atoms with Crippen LogP contribution < -0.4 is 0 Å². The standard InChI is InChI=1S/C19H18N2O5/c1-4-25-19(24)14-8-17(26-10-14)13-5-6-21-16(7-13)15(9-20-21)18(11(2)22)12(3)23/h5-10,22H,4H2,1-3H3/b18-11+. The number of rotatable bonds is 5. The maximum absolute atomic E-state index is 11.9.